The van der Waals surface area contributed by atoms with Crippen LogP contribution in [0.25, 0.3) is 75.1 Å². The number of hydrogen-bond acceptors (Lipinski definition) is 3. The van der Waals surface area contributed by atoms with Crippen molar-refractivity contribution in [2.75, 3.05) is 4.90 Å². The van der Waals surface area contributed by atoms with Crippen molar-refractivity contribution in [1.29, 1.82) is 0 Å². The first-order valence-corrected chi connectivity index (χ1v) is 18.7. The Morgan fingerprint density at radius 2 is 1.15 bits per heavy atom. The number of fused-ring (bicyclic) bond motifs is 11. The van der Waals surface area contributed by atoms with Gasteiger partial charge in [0.15, 0.2) is 0 Å². The molecule has 3 heteroatoms. The first-order chi connectivity index (χ1) is 25.5. The second-order valence-electron chi connectivity index (χ2n) is 14.5. The maximum absolute atomic E-state index is 6.69. The van der Waals surface area contributed by atoms with Gasteiger partial charge in [-0.05, 0) is 98.8 Å². The van der Waals surface area contributed by atoms with Crippen LogP contribution in [0, 0.1) is 0 Å². The molecule has 2 heterocycles. The van der Waals surface area contributed by atoms with Crippen LogP contribution in [-0.2, 0) is 5.41 Å². The van der Waals surface area contributed by atoms with Gasteiger partial charge >= 0.3 is 0 Å². The van der Waals surface area contributed by atoms with Crippen molar-refractivity contribution < 1.29 is 4.42 Å². The minimum Gasteiger partial charge on any atom is -0.456 e. The third kappa shape index (κ3) is 4.17. The summed E-state index contributed by atoms with van der Waals surface area (Å²) in [6, 6.07) is 59.8. The third-order valence-electron chi connectivity index (χ3n) is 11.3. The molecule has 0 radical (unpaired) electrons. The van der Waals surface area contributed by atoms with Crippen molar-refractivity contribution in [3.8, 4) is 22.3 Å². The molecule has 11 rings (SSSR count). The smallest absolute Gasteiger partial charge is 0.136 e. The maximum Gasteiger partial charge on any atom is 0.136 e. The second-order valence-corrected chi connectivity index (χ2v) is 15.6. The van der Waals surface area contributed by atoms with Crippen molar-refractivity contribution in [2.24, 2.45) is 0 Å². The van der Waals surface area contributed by atoms with E-state index >= 15 is 0 Å². The molecule has 0 atom stereocenters. The lowest BCUT2D eigenvalue weighted by molar-refractivity contribution is 0.660. The first-order valence-electron chi connectivity index (χ1n) is 17.9. The zero-order valence-corrected chi connectivity index (χ0v) is 29.7. The molecule has 8 aromatic carbocycles. The zero-order chi connectivity index (χ0) is 34.6. The van der Waals surface area contributed by atoms with Gasteiger partial charge in [0, 0.05) is 47.7 Å². The SMILES string of the molecule is CC1(C)c2ccccc2-c2ccc(N(c3ccc4oc5cc(-c6ccccc6)c6ccccc6c5c4c3)c3cccc4sc5ccccc5c34)cc21. The van der Waals surface area contributed by atoms with Crippen molar-refractivity contribution in [2.45, 2.75) is 19.3 Å². The molecule has 0 fully saturated rings. The largest absolute Gasteiger partial charge is 0.456 e. The molecule has 2 aromatic heterocycles. The molecule has 0 unspecified atom stereocenters. The molecular weight excluding hydrogens is 651 g/mol. The summed E-state index contributed by atoms with van der Waals surface area (Å²) in [6.07, 6.45) is 0. The summed E-state index contributed by atoms with van der Waals surface area (Å²) >= 11 is 1.86. The summed E-state index contributed by atoms with van der Waals surface area (Å²) in [5, 5.41) is 7.25. The predicted octanol–water partition coefficient (Wildman–Crippen LogP) is 14.6. The Hall–Kier alpha value is -6.16. The number of anilines is 3. The molecule has 52 heavy (non-hydrogen) atoms. The van der Waals surface area contributed by atoms with Crippen LogP contribution in [-0.4, -0.2) is 0 Å². The van der Waals surface area contributed by atoms with E-state index in [1.807, 2.05) is 11.3 Å². The Labute approximate surface area is 305 Å². The molecule has 0 bridgehead atoms. The van der Waals surface area contributed by atoms with E-state index < -0.39 is 0 Å². The van der Waals surface area contributed by atoms with Gasteiger partial charge in [-0.2, -0.15) is 0 Å². The van der Waals surface area contributed by atoms with Gasteiger partial charge < -0.3 is 9.32 Å². The second kappa shape index (κ2) is 10.9. The van der Waals surface area contributed by atoms with E-state index in [-0.39, 0.29) is 5.41 Å². The van der Waals surface area contributed by atoms with E-state index in [0.29, 0.717) is 0 Å². The lowest BCUT2D eigenvalue weighted by atomic mass is 9.82. The number of benzene rings is 8. The molecule has 246 valence electrons. The predicted molar refractivity (Wildman–Crippen MR) is 222 cm³/mol. The molecule has 0 saturated carbocycles. The highest BCUT2D eigenvalue weighted by Crippen LogP contribution is 2.52. The minimum absolute atomic E-state index is 0.116. The van der Waals surface area contributed by atoms with E-state index in [2.05, 4.69) is 183 Å². The van der Waals surface area contributed by atoms with E-state index in [0.717, 1.165) is 33.3 Å². The lowest BCUT2D eigenvalue weighted by Crippen LogP contribution is -2.16. The molecule has 2 nitrogen and oxygen atoms in total. The Balaban J connectivity index is 1.19. The first kappa shape index (κ1) is 29.6. The molecule has 1 aliphatic carbocycles. The van der Waals surface area contributed by atoms with Crippen LogP contribution in [0.5, 0.6) is 0 Å². The number of rotatable bonds is 4. The maximum atomic E-state index is 6.69. The highest BCUT2D eigenvalue weighted by Gasteiger charge is 2.36. The quantitative estimate of drug-likeness (QED) is 0.184. The van der Waals surface area contributed by atoms with E-state index in [9.17, 15) is 0 Å². The minimum atomic E-state index is -0.116. The van der Waals surface area contributed by atoms with Gasteiger partial charge in [-0.1, -0.05) is 123 Å². The number of hydrogen-bond donors (Lipinski definition) is 0. The van der Waals surface area contributed by atoms with Crippen LogP contribution < -0.4 is 4.90 Å². The lowest BCUT2D eigenvalue weighted by Gasteiger charge is -2.29. The highest BCUT2D eigenvalue weighted by atomic mass is 32.1. The van der Waals surface area contributed by atoms with Crippen LogP contribution in [0.1, 0.15) is 25.0 Å². The Morgan fingerprint density at radius 1 is 0.462 bits per heavy atom. The average molecular weight is 684 g/mol. The van der Waals surface area contributed by atoms with Gasteiger partial charge in [-0.3, -0.25) is 0 Å². The molecule has 1 aliphatic rings. The fourth-order valence-corrected chi connectivity index (χ4v) is 9.95. The molecule has 0 N–H and O–H groups in total. The summed E-state index contributed by atoms with van der Waals surface area (Å²) in [5.74, 6) is 0. The molecule has 10 aromatic rings. The summed E-state index contributed by atoms with van der Waals surface area (Å²) in [4.78, 5) is 2.47. The molecule has 0 saturated heterocycles. The molecule has 0 amide bonds. The van der Waals surface area contributed by atoms with Crippen LogP contribution in [0.2, 0.25) is 0 Å². The van der Waals surface area contributed by atoms with E-state index in [4.69, 9.17) is 4.42 Å². The van der Waals surface area contributed by atoms with Crippen LogP contribution >= 0.6 is 11.3 Å². The Kier molecular flexibility index (Phi) is 6.21. The average Bonchev–Trinajstić information content (AvgIpc) is 3.83. The summed E-state index contributed by atoms with van der Waals surface area (Å²) in [6.45, 7) is 4.72. The number of thiophene rings is 1. The van der Waals surface area contributed by atoms with Crippen LogP contribution in [0.15, 0.2) is 168 Å². The number of furan rings is 1. The molecular formula is C49H33NOS. The normalized spacial score (nSPS) is 13.3. The fraction of sp³-hybridized carbons (Fsp3) is 0.0612. The van der Waals surface area contributed by atoms with Gasteiger partial charge in [0.1, 0.15) is 11.2 Å². The third-order valence-corrected chi connectivity index (χ3v) is 12.4. The fourth-order valence-electron chi connectivity index (χ4n) is 8.83. The van der Waals surface area contributed by atoms with Crippen LogP contribution in [0.3, 0.4) is 0 Å². The highest BCUT2D eigenvalue weighted by molar-refractivity contribution is 7.26. The van der Waals surface area contributed by atoms with Crippen molar-refractivity contribution >= 4 is 81.3 Å². The summed E-state index contributed by atoms with van der Waals surface area (Å²) in [5.41, 5.74) is 12.8. The van der Waals surface area contributed by atoms with Crippen LogP contribution in [0.4, 0.5) is 17.1 Å². The van der Waals surface area contributed by atoms with Gasteiger partial charge in [-0.25, -0.2) is 0 Å². The van der Waals surface area contributed by atoms with Gasteiger partial charge in [0.2, 0.25) is 0 Å². The van der Waals surface area contributed by atoms with E-state index in [1.54, 1.807) is 0 Å². The molecule has 0 spiro atoms. The zero-order valence-electron chi connectivity index (χ0n) is 28.9. The topological polar surface area (TPSA) is 16.4 Å². The number of nitrogens with zero attached hydrogens (tertiary/aromatic N) is 1. The Bertz CT molecular complexity index is 3060. The van der Waals surface area contributed by atoms with Gasteiger partial charge in [0.05, 0.1) is 5.69 Å². The Morgan fingerprint density at radius 3 is 2.04 bits per heavy atom. The van der Waals surface area contributed by atoms with Crippen molar-refractivity contribution in [1.82, 2.24) is 0 Å². The standard InChI is InChI=1S/C49H33NOS/c1-49(2)40-19-10-8-16-34(40)35-25-23-32(28-41(35)49)50(42-20-12-22-46-48(42)37-18-9-11-21-45(37)52-46)31-24-26-43-39(27-31)47-36-17-7-6-15-33(36)38(29-44(47)51-43)30-13-4-3-5-14-30/h3-29H,1-2H3. The summed E-state index contributed by atoms with van der Waals surface area (Å²) < 4.78 is 9.27. The van der Waals surface area contributed by atoms with Crippen molar-refractivity contribution in [3.63, 3.8) is 0 Å². The molecule has 0 aliphatic heterocycles. The van der Waals surface area contributed by atoms with Gasteiger partial charge in [0.25, 0.3) is 0 Å². The monoisotopic (exact) mass is 683 g/mol. The van der Waals surface area contributed by atoms with Crippen molar-refractivity contribution in [3.05, 3.63) is 175 Å². The summed E-state index contributed by atoms with van der Waals surface area (Å²) in [7, 11) is 0. The van der Waals surface area contributed by atoms with Gasteiger partial charge in [-0.15, -0.1) is 11.3 Å². The van der Waals surface area contributed by atoms with E-state index in [1.165, 1.54) is 70.0 Å².